The second-order valence-electron chi connectivity index (χ2n) is 17.9. The van der Waals surface area contributed by atoms with Crippen LogP contribution in [0.4, 0.5) is 66.3 Å². The smallest absolute Gasteiger partial charge is 0.311 e. The van der Waals surface area contributed by atoms with E-state index in [0.29, 0.717) is 24.3 Å². The molecule has 2 fully saturated rings. The number of hydrogen-bond acceptors (Lipinski definition) is 5. The Bertz CT molecular complexity index is 2440. The van der Waals surface area contributed by atoms with Gasteiger partial charge in [0.1, 0.15) is 23.0 Å². The van der Waals surface area contributed by atoms with E-state index in [-0.39, 0.29) is 111 Å². The van der Waals surface area contributed by atoms with E-state index < -0.39 is 88.0 Å². The summed E-state index contributed by atoms with van der Waals surface area (Å²) in [5.74, 6) is -1.39. The average Bonchev–Trinajstić information content (AvgIpc) is 3.30. The van der Waals surface area contributed by atoms with Crippen molar-refractivity contribution in [2.75, 3.05) is 52.4 Å². The van der Waals surface area contributed by atoms with Gasteiger partial charge in [-0.25, -0.2) is 13.6 Å². The fraction of sp³-hybridized carbons (Fsp3) is 0.408. The molecular formula is C49H46F14N6O. The van der Waals surface area contributed by atoms with E-state index in [1.165, 1.54) is 47.9 Å². The number of carbonyl (C=O) groups excluding carboxylic acids is 1. The number of halogens is 14. The Morgan fingerprint density at radius 1 is 0.514 bits per heavy atom. The molecule has 7 nitrogen and oxygen atoms in total. The Morgan fingerprint density at radius 2 is 0.857 bits per heavy atom. The average molecular weight is 1000 g/mol. The third-order valence-electron chi connectivity index (χ3n) is 13.7. The quantitative estimate of drug-likeness (QED) is 0.149. The predicted octanol–water partition coefficient (Wildman–Crippen LogP) is 11.6. The second-order valence-corrected chi connectivity index (χ2v) is 17.9. The Hall–Kier alpha value is -5.51. The van der Waals surface area contributed by atoms with Gasteiger partial charge in [-0.1, -0.05) is 36.4 Å². The van der Waals surface area contributed by atoms with Crippen LogP contribution in [0.5, 0.6) is 0 Å². The third-order valence-corrected chi connectivity index (χ3v) is 13.7. The molecule has 4 aromatic rings. The van der Waals surface area contributed by atoms with Crippen molar-refractivity contribution in [3.63, 3.8) is 0 Å². The summed E-state index contributed by atoms with van der Waals surface area (Å²) in [5.41, 5.74) is -9.75. The highest BCUT2D eigenvalue weighted by molar-refractivity contribution is 5.78. The van der Waals surface area contributed by atoms with Gasteiger partial charge in [0.25, 0.3) is 0 Å². The summed E-state index contributed by atoms with van der Waals surface area (Å²) < 4.78 is 203. The van der Waals surface area contributed by atoms with Crippen LogP contribution in [0.15, 0.2) is 97.1 Å². The SMILES string of the molecule is Cc1cc(F)ccc1[C@@]1(N2CC=CCC2c2cc(C(F)(F)F)cc(C(F)(F)F)c2)CNCCN1C(=O)N1CCNC[C@@]1(c1ccc(F)cc1C)N1CC=CCC1c1cc(C(F)(F)F)cc(C(F)(F)F)c1. The molecule has 0 aliphatic carbocycles. The number of urea groups is 1. The topological polar surface area (TPSA) is 54.1 Å². The van der Waals surface area contributed by atoms with Gasteiger partial charge >= 0.3 is 30.7 Å². The first-order valence-electron chi connectivity index (χ1n) is 22.2. The number of rotatable bonds is 6. The molecule has 0 saturated carbocycles. The molecule has 0 aromatic heterocycles. The van der Waals surface area contributed by atoms with Crippen LogP contribution in [0.2, 0.25) is 0 Å². The number of hydrogen-bond donors (Lipinski definition) is 2. The molecule has 376 valence electrons. The van der Waals surface area contributed by atoms with Gasteiger partial charge in [-0.05, 0) is 121 Å². The van der Waals surface area contributed by atoms with Crippen LogP contribution in [-0.2, 0) is 36.0 Å². The van der Waals surface area contributed by atoms with Gasteiger partial charge in [0, 0.05) is 64.4 Å². The second kappa shape index (κ2) is 18.6. The minimum absolute atomic E-state index is 0.0121. The summed E-state index contributed by atoms with van der Waals surface area (Å²) in [6.07, 6.45) is -14.7. The predicted molar refractivity (Wildman–Crippen MR) is 229 cm³/mol. The normalized spacial score (nSPS) is 24.3. The van der Waals surface area contributed by atoms with Crippen molar-refractivity contribution in [2.24, 2.45) is 0 Å². The molecule has 4 aliphatic rings. The largest absolute Gasteiger partial charge is 0.416 e. The highest BCUT2D eigenvalue weighted by Crippen LogP contribution is 2.50. The first kappa shape index (κ1) is 50.9. The van der Waals surface area contributed by atoms with E-state index in [1.807, 2.05) is 0 Å². The van der Waals surface area contributed by atoms with Crippen LogP contribution in [0.1, 0.15) is 80.6 Å². The fourth-order valence-electron chi connectivity index (χ4n) is 10.7. The van der Waals surface area contributed by atoms with Gasteiger partial charge in [-0.15, -0.1) is 0 Å². The van der Waals surface area contributed by atoms with Gasteiger partial charge in [0.15, 0.2) is 0 Å². The molecular weight excluding hydrogens is 955 g/mol. The monoisotopic (exact) mass is 1000 g/mol. The van der Waals surface area contributed by atoms with E-state index in [4.69, 9.17) is 0 Å². The molecule has 2 amide bonds. The van der Waals surface area contributed by atoms with Crippen molar-refractivity contribution in [1.29, 1.82) is 0 Å². The summed E-state index contributed by atoms with van der Waals surface area (Å²) in [7, 11) is 0. The van der Waals surface area contributed by atoms with Gasteiger partial charge in [-0.2, -0.15) is 52.7 Å². The molecule has 2 N–H and O–H groups in total. The molecule has 2 unspecified atom stereocenters. The number of carbonyl (C=O) groups is 1. The van der Waals surface area contributed by atoms with Crippen molar-refractivity contribution < 1.29 is 66.3 Å². The maximum atomic E-state index is 16.4. The Morgan fingerprint density at radius 3 is 1.17 bits per heavy atom. The molecule has 4 aromatic carbocycles. The number of benzene rings is 4. The lowest BCUT2D eigenvalue weighted by molar-refractivity contribution is -0.144. The number of nitrogens with zero attached hydrogens (tertiary/aromatic N) is 4. The summed E-state index contributed by atoms with van der Waals surface area (Å²) in [4.78, 5) is 22.3. The molecule has 0 spiro atoms. The maximum absolute atomic E-state index is 16.4. The number of nitrogens with one attached hydrogen (secondary N) is 2. The Balaban J connectivity index is 1.36. The van der Waals surface area contributed by atoms with Gasteiger partial charge in [0.2, 0.25) is 0 Å². The summed E-state index contributed by atoms with van der Waals surface area (Å²) >= 11 is 0. The summed E-state index contributed by atoms with van der Waals surface area (Å²) in [6.45, 7) is 2.10. The van der Waals surface area contributed by atoms with Crippen LogP contribution in [0, 0.1) is 25.5 Å². The lowest BCUT2D eigenvalue weighted by Crippen LogP contribution is -2.75. The van der Waals surface area contributed by atoms with Gasteiger partial charge < -0.3 is 10.6 Å². The lowest BCUT2D eigenvalue weighted by atomic mass is 9.83. The molecule has 8 rings (SSSR count). The van der Waals surface area contributed by atoms with Crippen LogP contribution >= 0.6 is 0 Å². The van der Waals surface area contributed by atoms with E-state index in [2.05, 4.69) is 10.6 Å². The van der Waals surface area contributed by atoms with E-state index >= 15 is 13.6 Å². The molecule has 4 heterocycles. The molecule has 4 atom stereocenters. The van der Waals surface area contributed by atoms with Crippen molar-refractivity contribution in [3.8, 4) is 0 Å². The molecule has 0 radical (unpaired) electrons. The third kappa shape index (κ3) is 9.41. The molecule has 4 aliphatic heterocycles. The van der Waals surface area contributed by atoms with Crippen LogP contribution in [0.25, 0.3) is 0 Å². The number of alkyl halides is 12. The minimum atomic E-state index is -5.21. The van der Waals surface area contributed by atoms with Crippen LogP contribution < -0.4 is 10.6 Å². The maximum Gasteiger partial charge on any atom is 0.416 e. The summed E-state index contributed by atoms with van der Waals surface area (Å²) in [6, 6.07) is 6.44. The van der Waals surface area contributed by atoms with Crippen molar-refractivity contribution in [2.45, 2.75) is 74.8 Å². The first-order chi connectivity index (χ1) is 32.8. The number of amides is 2. The summed E-state index contributed by atoms with van der Waals surface area (Å²) in [5, 5.41) is 6.50. The van der Waals surface area contributed by atoms with Crippen LogP contribution in [-0.4, -0.2) is 78.0 Å². The molecule has 0 bridgehead atoms. The van der Waals surface area contributed by atoms with E-state index in [9.17, 15) is 52.7 Å². The highest BCUT2D eigenvalue weighted by Gasteiger charge is 2.58. The van der Waals surface area contributed by atoms with Crippen molar-refractivity contribution in [3.05, 3.63) is 164 Å². The van der Waals surface area contributed by atoms with E-state index in [0.717, 1.165) is 12.1 Å². The molecule has 21 heteroatoms. The van der Waals surface area contributed by atoms with Crippen LogP contribution in [0.3, 0.4) is 0 Å². The zero-order valence-electron chi connectivity index (χ0n) is 37.5. The number of aryl methyl sites for hydroxylation is 2. The molecule has 2 saturated heterocycles. The Labute approximate surface area is 393 Å². The zero-order valence-corrected chi connectivity index (χ0v) is 37.5. The fourth-order valence-corrected chi connectivity index (χ4v) is 10.7. The number of piperazine rings is 2. The first-order valence-corrected chi connectivity index (χ1v) is 22.2. The van der Waals surface area contributed by atoms with Gasteiger partial charge in [0.05, 0.1) is 22.3 Å². The van der Waals surface area contributed by atoms with E-state index in [1.54, 1.807) is 34.1 Å². The highest BCUT2D eigenvalue weighted by atomic mass is 19.4. The Kier molecular flexibility index (Phi) is 13.5. The zero-order chi connectivity index (χ0) is 50.8. The van der Waals surface area contributed by atoms with Crippen molar-refractivity contribution >= 4 is 6.03 Å². The van der Waals surface area contributed by atoms with Crippen molar-refractivity contribution in [1.82, 2.24) is 30.2 Å². The minimum Gasteiger partial charge on any atom is -0.311 e. The lowest BCUT2D eigenvalue weighted by Gasteiger charge is -2.61. The standard InChI is InChI=1S/C49H46F14N6O/c1-29-19-37(50)9-11-39(29)44(66-15-5-3-7-41(66)31-21-33(46(52,53)54)25-34(22-31)47(55,56)57)27-64-13-17-68(44)43(70)69-18-14-65-28-45(69,40-12-10-38(51)20-30(40)2)67-16-6-4-8-42(67)32-23-35(48(58,59)60)26-36(24-32)49(61,62)63/h3-6,9-12,19-26,41-42,64-65H,7-8,13-18,27-28H2,1-2H3/t41?,42?,44-,45-/m1/s1. The molecule has 70 heavy (non-hydrogen) atoms. The van der Waals surface area contributed by atoms with Gasteiger partial charge in [-0.3, -0.25) is 19.6 Å².